The van der Waals surface area contributed by atoms with Crippen LogP contribution >= 0.6 is 0 Å². The SMILES string of the molecule is Cc1ccc(C(C)(C)N)c(=O)n1CC(C)C. The molecular formula is C13H22N2O. The highest BCUT2D eigenvalue weighted by molar-refractivity contribution is 5.22. The van der Waals surface area contributed by atoms with Crippen molar-refractivity contribution in [1.29, 1.82) is 0 Å². The number of pyridine rings is 1. The molecule has 3 heteroatoms. The molecule has 0 aliphatic heterocycles. The van der Waals surface area contributed by atoms with Crippen LogP contribution in [0.15, 0.2) is 16.9 Å². The third-order valence-corrected chi connectivity index (χ3v) is 2.63. The second kappa shape index (κ2) is 4.42. The van der Waals surface area contributed by atoms with Crippen molar-refractivity contribution in [3.63, 3.8) is 0 Å². The fourth-order valence-corrected chi connectivity index (χ4v) is 1.75. The molecule has 0 saturated heterocycles. The molecule has 0 spiro atoms. The zero-order chi connectivity index (χ0) is 12.5. The summed E-state index contributed by atoms with van der Waals surface area (Å²) in [7, 11) is 0. The first kappa shape index (κ1) is 13.0. The van der Waals surface area contributed by atoms with E-state index in [-0.39, 0.29) is 5.56 Å². The summed E-state index contributed by atoms with van der Waals surface area (Å²) in [6.07, 6.45) is 0. The molecule has 1 aromatic heterocycles. The molecule has 0 fully saturated rings. The Bertz CT molecular complexity index is 425. The van der Waals surface area contributed by atoms with E-state index in [0.717, 1.165) is 12.2 Å². The monoisotopic (exact) mass is 222 g/mol. The number of rotatable bonds is 3. The summed E-state index contributed by atoms with van der Waals surface area (Å²) >= 11 is 0. The van der Waals surface area contributed by atoms with E-state index in [1.807, 2.05) is 37.5 Å². The predicted molar refractivity (Wildman–Crippen MR) is 67.5 cm³/mol. The Kier molecular flexibility index (Phi) is 3.58. The highest BCUT2D eigenvalue weighted by Gasteiger charge is 2.19. The average Bonchev–Trinajstić information content (AvgIpc) is 2.09. The molecule has 90 valence electrons. The predicted octanol–water partition coefficient (Wildman–Crippen LogP) is 2.01. The first-order valence-electron chi connectivity index (χ1n) is 5.73. The number of hydrogen-bond donors (Lipinski definition) is 1. The van der Waals surface area contributed by atoms with E-state index >= 15 is 0 Å². The summed E-state index contributed by atoms with van der Waals surface area (Å²) in [4.78, 5) is 12.3. The molecular weight excluding hydrogens is 200 g/mol. The van der Waals surface area contributed by atoms with Gasteiger partial charge >= 0.3 is 0 Å². The highest BCUT2D eigenvalue weighted by atomic mass is 16.1. The van der Waals surface area contributed by atoms with Gasteiger partial charge in [0, 0.05) is 23.3 Å². The van der Waals surface area contributed by atoms with E-state index in [0.29, 0.717) is 11.5 Å². The van der Waals surface area contributed by atoms with Gasteiger partial charge in [-0.2, -0.15) is 0 Å². The van der Waals surface area contributed by atoms with Crippen LogP contribution in [-0.2, 0) is 12.1 Å². The third-order valence-electron chi connectivity index (χ3n) is 2.63. The maximum atomic E-state index is 12.3. The van der Waals surface area contributed by atoms with Crippen molar-refractivity contribution in [3.8, 4) is 0 Å². The number of aromatic nitrogens is 1. The molecule has 0 bridgehead atoms. The van der Waals surface area contributed by atoms with E-state index in [1.165, 1.54) is 0 Å². The standard InChI is InChI=1S/C13H22N2O/c1-9(2)8-15-10(3)6-7-11(12(15)16)13(4,5)14/h6-7,9H,8,14H2,1-5H3. The number of nitrogens with two attached hydrogens (primary N) is 1. The van der Waals surface area contributed by atoms with E-state index < -0.39 is 5.54 Å². The van der Waals surface area contributed by atoms with Crippen LogP contribution in [0.5, 0.6) is 0 Å². The molecule has 1 rings (SSSR count). The Morgan fingerprint density at radius 3 is 2.38 bits per heavy atom. The molecule has 1 heterocycles. The van der Waals surface area contributed by atoms with Gasteiger partial charge in [0.15, 0.2) is 0 Å². The van der Waals surface area contributed by atoms with Gasteiger partial charge in [-0.1, -0.05) is 13.8 Å². The minimum absolute atomic E-state index is 0.0428. The van der Waals surface area contributed by atoms with E-state index in [2.05, 4.69) is 13.8 Å². The average molecular weight is 222 g/mol. The van der Waals surface area contributed by atoms with Gasteiger partial charge in [0.25, 0.3) is 5.56 Å². The zero-order valence-corrected chi connectivity index (χ0v) is 10.9. The lowest BCUT2D eigenvalue weighted by molar-refractivity contribution is 0.481. The van der Waals surface area contributed by atoms with Crippen LogP contribution in [0.25, 0.3) is 0 Å². The van der Waals surface area contributed by atoms with Crippen LogP contribution in [-0.4, -0.2) is 4.57 Å². The van der Waals surface area contributed by atoms with Crippen molar-refractivity contribution in [2.45, 2.75) is 46.7 Å². The molecule has 16 heavy (non-hydrogen) atoms. The van der Waals surface area contributed by atoms with Crippen LogP contribution < -0.4 is 11.3 Å². The van der Waals surface area contributed by atoms with Crippen molar-refractivity contribution in [2.75, 3.05) is 0 Å². The molecule has 0 aliphatic rings. The van der Waals surface area contributed by atoms with E-state index in [4.69, 9.17) is 5.73 Å². The number of hydrogen-bond acceptors (Lipinski definition) is 2. The molecule has 0 saturated carbocycles. The molecule has 2 N–H and O–H groups in total. The molecule has 0 aliphatic carbocycles. The fraction of sp³-hybridized carbons (Fsp3) is 0.615. The van der Waals surface area contributed by atoms with Crippen LogP contribution in [0, 0.1) is 12.8 Å². The third kappa shape index (κ3) is 2.73. The van der Waals surface area contributed by atoms with Gasteiger partial charge in [0.05, 0.1) is 0 Å². The minimum atomic E-state index is -0.580. The molecule has 0 unspecified atom stereocenters. The second-order valence-electron chi connectivity index (χ2n) is 5.42. The Balaban J connectivity index is 3.34. The Labute approximate surface area is 97.3 Å². The summed E-state index contributed by atoms with van der Waals surface area (Å²) in [5.41, 5.74) is 7.13. The van der Waals surface area contributed by atoms with Crippen LogP contribution in [0.4, 0.5) is 0 Å². The van der Waals surface area contributed by atoms with Crippen molar-refractivity contribution < 1.29 is 0 Å². The molecule has 0 radical (unpaired) electrons. The van der Waals surface area contributed by atoms with Gasteiger partial charge in [-0.25, -0.2) is 0 Å². The maximum Gasteiger partial charge on any atom is 0.255 e. The maximum absolute atomic E-state index is 12.3. The smallest absolute Gasteiger partial charge is 0.255 e. The minimum Gasteiger partial charge on any atom is -0.322 e. The van der Waals surface area contributed by atoms with E-state index in [9.17, 15) is 4.79 Å². The summed E-state index contributed by atoms with van der Waals surface area (Å²) < 4.78 is 1.81. The summed E-state index contributed by atoms with van der Waals surface area (Å²) in [5, 5.41) is 0. The summed E-state index contributed by atoms with van der Waals surface area (Å²) in [6, 6.07) is 3.81. The summed E-state index contributed by atoms with van der Waals surface area (Å²) in [6.45, 7) is 10.6. The first-order valence-corrected chi connectivity index (χ1v) is 5.73. The quantitative estimate of drug-likeness (QED) is 0.850. The van der Waals surface area contributed by atoms with Crippen LogP contribution in [0.1, 0.15) is 39.0 Å². The highest BCUT2D eigenvalue weighted by Crippen LogP contribution is 2.13. The molecule has 0 aromatic carbocycles. The Morgan fingerprint density at radius 2 is 1.94 bits per heavy atom. The topological polar surface area (TPSA) is 48.0 Å². The Morgan fingerprint density at radius 1 is 1.38 bits per heavy atom. The molecule has 1 aromatic rings. The molecule has 0 amide bonds. The first-order chi connectivity index (χ1) is 7.23. The summed E-state index contributed by atoms with van der Waals surface area (Å²) in [5.74, 6) is 0.451. The molecule has 0 atom stereocenters. The van der Waals surface area contributed by atoms with Crippen molar-refractivity contribution in [1.82, 2.24) is 4.57 Å². The largest absolute Gasteiger partial charge is 0.322 e. The van der Waals surface area contributed by atoms with E-state index in [1.54, 1.807) is 0 Å². The van der Waals surface area contributed by atoms with Gasteiger partial charge in [-0.05, 0) is 38.8 Å². The van der Waals surface area contributed by atoms with Gasteiger partial charge in [-0.15, -0.1) is 0 Å². The van der Waals surface area contributed by atoms with Gasteiger partial charge in [-0.3, -0.25) is 4.79 Å². The molecule has 3 nitrogen and oxygen atoms in total. The fourth-order valence-electron chi connectivity index (χ4n) is 1.75. The van der Waals surface area contributed by atoms with Crippen LogP contribution in [0.2, 0.25) is 0 Å². The van der Waals surface area contributed by atoms with Crippen molar-refractivity contribution in [2.24, 2.45) is 11.7 Å². The zero-order valence-electron chi connectivity index (χ0n) is 10.9. The van der Waals surface area contributed by atoms with Gasteiger partial charge < -0.3 is 10.3 Å². The number of aryl methyl sites for hydroxylation is 1. The second-order valence-corrected chi connectivity index (χ2v) is 5.42. The Hall–Kier alpha value is -1.09. The lowest BCUT2D eigenvalue weighted by Gasteiger charge is -2.21. The van der Waals surface area contributed by atoms with Crippen molar-refractivity contribution in [3.05, 3.63) is 33.7 Å². The lowest BCUT2D eigenvalue weighted by atomic mass is 9.96. The van der Waals surface area contributed by atoms with Crippen LogP contribution in [0.3, 0.4) is 0 Å². The lowest BCUT2D eigenvalue weighted by Crippen LogP contribution is -2.39. The van der Waals surface area contributed by atoms with Gasteiger partial charge in [0.2, 0.25) is 0 Å². The van der Waals surface area contributed by atoms with Gasteiger partial charge in [0.1, 0.15) is 0 Å². The van der Waals surface area contributed by atoms with Crippen molar-refractivity contribution >= 4 is 0 Å². The number of nitrogens with zero attached hydrogens (tertiary/aromatic N) is 1. The normalized spacial score (nSPS) is 12.2.